The molecule has 0 bridgehead atoms. The summed E-state index contributed by atoms with van der Waals surface area (Å²) in [5, 5.41) is 9.03. The molecule has 0 saturated carbocycles. The van der Waals surface area contributed by atoms with E-state index >= 15 is 0 Å². The molecule has 114 valence electrons. The highest BCUT2D eigenvalue weighted by atomic mass is 35.5. The molecule has 2 N–H and O–H groups in total. The smallest absolute Gasteiger partial charge is 0.224 e. The van der Waals surface area contributed by atoms with Crippen molar-refractivity contribution in [2.24, 2.45) is 0 Å². The first kappa shape index (κ1) is 17.6. The molecule has 0 unspecified atom stereocenters. The third-order valence-electron chi connectivity index (χ3n) is 2.91. The molecule has 1 aromatic heterocycles. The molecule has 2 aromatic rings. The molecule has 0 saturated heterocycles. The van der Waals surface area contributed by atoms with Crippen LogP contribution in [0.5, 0.6) is 0 Å². The summed E-state index contributed by atoms with van der Waals surface area (Å²) in [5.41, 5.74) is 2.89. The molecule has 0 aliphatic rings. The number of nitrogens with one attached hydrogen (secondary N) is 2. The highest BCUT2D eigenvalue weighted by Gasteiger charge is 2.04. The van der Waals surface area contributed by atoms with Crippen LogP contribution in [0, 0.1) is 6.92 Å². The topological polar surface area (TPSA) is 54.0 Å². The fourth-order valence-electron chi connectivity index (χ4n) is 1.87. The van der Waals surface area contributed by atoms with E-state index < -0.39 is 0 Å². The number of carbonyl (C=O) groups is 1. The van der Waals surface area contributed by atoms with Gasteiger partial charge < -0.3 is 10.6 Å². The molecule has 0 aliphatic carbocycles. The number of aryl methyl sites for hydroxylation is 1. The summed E-state index contributed by atoms with van der Waals surface area (Å²) in [5.74, 6) is 0.0532. The number of thiazole rings is 1. The Hall–Kier alpha value is -1.43. The van der Waals surface area contributed by atoms with Crippen molar-refractivity contribution in [1.29, 1.82) is 0 Å². The van der Waals surface area contributed by atoms with Crippen LogP contribution in [0.15, 0.2) is 29.6 Å². The summed E-state index contributed by atoms with van der Waals surface area (Å²) in [6, 6.07) is 7.80. The Bertz CT molecular complexity index is 569. The van der Waals surface area contributed by atoms with Crippen molar-refractivity contribution in [2.45, 2.75) is 19.8 Å². The second-order valence-electron chi connectivity index (χ2n) is 4.58. The third kappa shape index (κ3) is 5.46. The zero-order chi connectivity index (χ0) is 14.4. The number of amides is 1. The van der Waals surface area contributed by atoms with Crippen LogP contribution in [0.1, 0.15) is 17.8 Å². The minimum absolute atomic E-state index is 0. The third-order valence-corrected chi connectivity index (χ3v) is 3.69. The van der Waals surface area contributed by atoms with Crippen LogP contribution < -0.4 is 10.6 Å². The average Bonchev–Trinajstić information content (AvgIpc) is 2.86. The van der Waals surface area contributed by atoms with Crippen LogP contribution in [-0.4, -0.2) is 24.5 Å². The van der Waals surface area contributed by atoms with Crippen molar-refractivity contribution in [3.05, 3.63) is 34.7 Å². The highest BCUT2D eigenvalue weighted by molar-refractivity contribution is 7.09. The molecule has 0 radical (unpaired) electrons. The fraction of sp³-hybridized carbons (Fsp3) is 0.333. The lowest BCUT2D eigenvalue weighted by molar-refractivity contribution is -0.116. The molecule has 1 heterocycles. The van der Waals surface area contributed by atoms with Gasteiger partial charge in [0.1, 0.15) is 0 Å². The standard InChI is InChI=1S/C15H19N3OS.ClH/c1-11-17-14(10-20-11)12-5-7-13(8-6-12)18-15(19)4-3-9-16-2;/h5-8,10,16H,3-4,9H2,1-2H3,(H,18,19);1H. The summed E-state index contributed by atoms with van der Waals surface area (Å²) in [6.45, 7) is 2.85. The van der Waals surface area contributed by atoms with E-state index in [1.165, 1.54) is 0 Å². The molecule has 2 rings (SSSR count). The average molecular weight is 326 g/mol. The Kier molecular flexibility index (Phi) is 7.36. The number of hydrogen-bond donors (Lipinski definition) is 2. The first-order valence-corrected chi connectivity index (χ1v) is 7.54. The van der Waals surface area contributed by atoms with Crippen LogP contribution in [0.3, 0.4) is 0 Å². The lowest BCUT2D eigenvalue weighted by Gasteiger charge is -2.06. The van der Waals surface area contributed by atoms with Crippen LogP contribution in [0.2, 0.25) is 0 Å². The zero-order valence-electron chi connectivity index (χ0n) is 12.2. The summed E-state index contributed by atoms with van der Waals surface area (Å²) in [6.07, 6.45) is 1.38. The van der Waals surface area contributed by atoms with Crippen LogP contribution in [-0.2, 0) is 4.79 Å². The summed E-state index contributed by atoms with van der Waals surface area (Å²) in [4.78, 5) is 16.1. The van der Waals surface area contributed by atoms with E-state index in [9.17, 15) is 4.79 Å². The molecular weight excluding hydrogens is 306 g/mol. The molecule has 1 amide bonds. The molecule has 21 heavy (non-hydrogen) atoms. The Morgan fingerprint density at radius 2 is 2.00 bits per heavy atom. The van der Waals surface area contributed by atoms with Gasteiger partial charge in [0.05, 0.1) is 10.7 Å². The van der Waals surface area contributed by atoms with E-state index in [0.717, 1.165) is 34.9 Å². The Morgan fingerprint density at radius 3 is 2.57 bits per heavy atom. The van der Waals surface area contributed by atoms with Gasteiger partial charge in [0, 0.05) is 23.1 Å². The molecule has 6 heteroatoms. The van der Waals surface area contributed by atoms with Gasteiger partial charge in [0.25, 0.3) is 0 Å². The second kappa shape index (κ2) is 8.77. The maximum absolute atomic E-state index is 11.7. The van der Waals surface area contributed by atoms with Crippen molar-refractivity contribution in [1.82, 2.24) is 10.3 Å². The highest BCUT2D eigenvalue weighted by Crippen LogP contribution is 2.23. The Balaban J connectivity index is 0.00000220. The van der Waals surface area contributed by atoms with Crippen LogP contribution in [0.4, 0.5) is 5.69 Å². The van der Waals surface area contributed by atoms with Gasteiger partial charge in [-0.1, -0.05) is 12.1 Å². The molecule has 0 spiro atoms. The summed E-state index contributed by atoms with van der Waals surface area (Å²) in [7, 11) is 1.89. The Labute approximate surface area is 135 Å². The number of nitrogens with zero attached hydrogens (tertiary/aromatic N) is 1. The molecular formula is C15H20ClN3OS. The molecule has 0 atom stereocenters. The minimum Gasteiger partial charge on any atom is -0.326 e. The van der Waals surface area contributed by atoms with Gasteiger partial charge >= 0.3 is 0 Å². The first-order chi connectivity index (χ1) is 9.69. The SMILES string of the molecule is CNCCCC(=O)Nc1ccc(-c2csc(C)n2)cc1.Cl. The fourth-order valence-corrected chi connectivity index (χ4v) is 2.49. The van der Waals surface area contributed by atoms with Crippen molar-refractivity contribution in [3.8, 4) is 11.3 Å². The van der Waals surface area contributed by atoms with Gasteiger partial charge in [0.15, 0.2) is 0 Å². The van der Waals surface area contributed by atoms with Gasteiger partial charge in [-0.05, 0) is 39.1 Å². The van der Waals surface area contributed by atoms with Gasteiger partial charge in [-0.3, -0.25) is 4.79 Å². The maximum atomic E-state index is 11.7. The monoisotopic (exact) mass is 325 g/mol. The predicted octanol–water partition coefficient (Wildman–Crippen LogP) is 3.48. The Morgan fingerprint density at radius 1 is 1.29 bits per heavy atom. The number of anilines is 1. The maximum Gasteiger partial charge on any atom is 0.224 e. The van der Waals surface area contributed by atoms with E-state index in [1.54, 1.807) is 11.3 Å². The van der Waals surface area contributed by atoms with E-state index in [-0.39, 0.29) is 18.3 Å². The summed E-state index contributed by atoms with van der Waals surface area (Å²) < 4.78 is 0. The minimum atomic E-state index is 0. The molecule has 4 nitrogen and oxygen atoms in total. The van der Waals surface area contributed by atoms with Crippen molar-refractivity contribution < 1.29 is 4.79 Å². The zero-order valence-corrected chi connectivity index (χ0v) is 13.8. The molecule has 0 aliphatic heterocycles. The van der Waals surface area contributed by atoms with Gasteiger partial charge in [-0.25, -0.2) is 4.98 Å². The largest absolute Gasteiger partial charge is 0.326 e. The quantitative estimate of drug-likeness (QED) is 0.799. The van der Waals surface area contributed by atoms with Crippen molar-refractivity contribution in [3.63, 3.8) is 0 Å². The molecule has 0 fully saturated rings. The van der Waals surface area contributed by atoms with Gasteiger partial charge in [0.2, 0.25) is 5.91 Å². The normalized spacial score (nSPS) is 10.0. The number of halogens is 1. The number of rotatable bonds is 6. The summed E-state index contributed by atoms with van der Waals surface area (Å²) >= 11 is 1.64. The van der Waals surface area contributed by atoms with Crippen molar-refractivity contribution in [2.75, 3.05) is 18.9 Å². The number of aromatic nitrogens is 1. The lowest BCUT2D eigenvalue weighted by atomic mass is 10.1. The van der Waals surface area contributed by atoms with E-state index in [0.29, 0.717) is 6.42 Å². The van der Waals surface area contributed by atoms with E-state index in [2.05, 4.69) is 15.6 Å². The van der Waals surface area contributed by atoms with Crippen LogP contribution >= 0.6 is 23.7 Å². The number of carbonyl (C=O) groups excluding carboxylic acids is 1. The van der Waals surface area contributed by atoms with Crippen molar-refractivity contribution >= 4 is 35.3 Å². The first-order valence-electron chi connectivity index (χ1n) is 6.66. The lowest BCUT2D eigenvalue weighted by Crippen LogP contribution is -2.15. The van der Waals surface area contributed by atoms with E-state index in [4.69, 9.17) is 0 Å². The number of benzene rings is 1. The molecule has 1 aromatic carbocycles. The second-order valence-corrected chi connectivity index (χ2v) is 5.65. The number of hydrogen-bond acceptors (Lipinski definition) is 4. The van der Waals surface area contributed by atoms with Crippen LogP contribution in [0.25, 0.3) is 11.3 Å². The van der Waals surface area contributed by atoms with Gasteiger partial charge in [-0.15, -0.1) is 23.7 Å². The van der Waals surface area contributed by atoms with Gasteiger partial charge in [-0.2, -0.15) is 0 Å². The van der Waals surface area contributed by atoms with E-state index in [1.807, 2.05) is 43.6 Å². The predicted molar refractivity (Wildman–Crippen MR) is 91.3 cm³/mol.